The first kappa shape index (κ1) is 38.1. The number of carboxylic acid groups (broad SMARTS) is 2. The summed E-state index contributed by atoms with van der Waals surface area (Å²) in [6, 6.07) is 7.93. The van der Waals surface area contributed by atoms with Crippen molar-refractivity contribution in [2.45, 2.75) is 80.1 Å². The molecule has 5 rings (SSSR count). The van der Waals surface area contributed by atoms with E-state index in [2.05, 4.69) is 33.8 Å². The van der Waals surface area contributed by atoms with Crippen molar-refractivity contribution >= 4 is 80.2 Å². The summed E-state index contributed by atoms with van der Waals surface area (Å²) in [5.74, 6) is -1.76. The minimum absolute atomic E-state index is 0. The minimum Gasteiger partial charge on any atom is -1.00 e. The van der Waals surface area contributed by atoms with Gasteiger partial charge in [0, 0.05) is 12.8 Å². The van der Waals surface area contributed by atoms with Gasteiger partial charge in [0.2, 0.25) is 0 Å². The first-order valence-corrected chi connectivity index (χ1v) is 14.5. The molecule has 8 nitrogen and oxygen atoms in total. The molecule has 45 heavy (non-hydrogen) atoms. The molecule has 0 saturated heterocycles. The van der Waals surface area contributed by atoms with Crippen molar-refractivity contribution in [2.75, 3.05) is 0 Å². The number of aliphatic carboxylic acids is 2. The van der Waals surface area contributed by atoms with E-state index in [1.165, 1.54) is 5.57 Å². The van der Waals surface area contributed by atoms with E-state index in [0.717, 1.165) is 85.6 Å². The molecule has 0 aliphatic carbocycles. The van der Waals surface area contributed by atoms with Crippen LogP contribution in [0, 0.1) is 13.8 Å². The molecule has 0 unspecified atom stereocenters. The number of halogens is 2. The molecule has 3 aromatic rings. The maximum atomic E-state index is 11.5. The summed E-state index contributed by atoms with van der Waals surface area (Å²) in [7, 11) is 0. The zero-order chi connectivity index (χ0) is 30.3. The van der Waals surface area contributed by atoms with Crippen molar-refractivity contribution in [3.05, 3.63) is 69.3 Å². The van der Waals surface area contributed by atoms with Crippen molar-refractivity contribution in [1.29, 1.82) is 0 Å². The van der Waals surface area contributed by atoms with Crippen LogP contribution >= 0.6 is 0 Å². The number of carboxylic acids is 2. The predicted octanol–water partition coefficient (Wildman–Crippen LogP) is 0.533. The Morgan fingerprint density at radius 3 is 1.40 bits per heavy atom. The smallest absolute Gasteiger partial charge is 1.00 e. The third-order valence-electron chi connectivity index (χ3n) is 8.53. The van der Waals surface area contributed by atoms with E-state index in [9.17, 15) is 19.8 Å². The van der Waals surface area contributed by atoms with Gasteiger partial charge in [-0.1, -0.05) is 54.3 Å². The fourth-order valence-corrected chi connectivity index (χ4v) is 6.06. The van der Waals surface area contributed by atoms with Gasteiger partial charge in [0.1, 0.15) is 0 Å². The van der Waals surface area contributed by atoms with Gasteiger partial charge >= 0.3 is 35.8 Å². The Hall–Kier alpha value is -3.08. The fraction of sp³-hybridized carbons (Fsp3) is 0.353. The van der Waals surface area contributed by atoms with Crippen LogP contribution in [0.3, 0.4) is 0 Å². The minimum atomic E-state index is -0.878. The standard InChI is InChI=1S/C34H38N4O4.2ClH.Sn/c1-7-21-17(3)25-13-26-19(5)23(9-11-33(39)40)31(37-26)16-32-24(10-12-34(41)42)20(6)28(38-32)15-30-22(8-2)18(4)27(36-30)14-29(21)35-25;;;/h13-16H,7-12H2,1-6H3,(H4,35,36,37,38,39,40,41,42);2*1H;/q;;;+4/p-4. The summed E-state index contributed by atoms with van der Waals surface area (Å²) in [4.78, 5) is 43.1. The molecule has 0 saturated carbocycles. The van der Waals surface area contributed by atoms with E-state index in [1.807, 2.05) is 32.0 Å². The van der Waals surface area contributed by atoms with Crippen LogP contribution in [0.4, 0.5) is 0 Å². The number of aromatic nitrogens is 4. The molecule has 0 fully saturated rings. The van der Waals surface area contributed by atoms with Crippen LogP contribution in [0.5, 0.6) is 0 Å². The summed E-state index contributed by atoms with van der Waals surface area (Å²) in [5.41, 5.74) is 14.3. The topological polar surface area (TPSA) is 129 Å². The van der Waals surface area contributed by atoms with Crippen molar-refractivity contribution in [3.63, 3.8) is 0 Å². The Balaban J connectivity index is 0.00000235. The van der Waals surface area contributed by atoms with Crippen molar-refractivity contribution in [1.82, 2.24) is 19.9 Å². The van der Waals surface area contributed by atoms with Crippen molar-refractivity contribution in [3.8, 4) is 0 Å². The van der Waals surface area contributed by atoms with Gasteiger partial charge in [0.25, 0.3) is 0 Å². The van der Waals surface area contributed by atoms with Gasteiger partial charge in [-0.25, -0.2) is 9.97 Å². The maximum Gasteiger partial charge on any atom is 4.00 e. The third-order valence-corrected chi connectivity index (χ3v) is 8.53. The van der Waals surface area contributed by atoms with Gasteiger partial charge in [0.15, 0.2) is 0 Å². The van der Waals surface area contributed by atoms with E-state index in [-0.39, 0.29) is 61.6 Å². The normalized spacial score (nSPS) is 12.4. The largest absolute Gasteiger partial charge is 4.00 e. The average Bonchev–Trinajstić information content (AvgIpc) is 3.59. The van der Waals surface area contributed by atoms with E-state index < -0.39 is 11.9 Å². The quantitative estimate of drug-likeness (QED) is 0.320. The number of aryl methyl sites for hydroxylation is 4. The first-order chi connectivity index (χ1) is 20.0. The average molecular weight is 754 g/mol. The fourth-order valence-electron chi connectivity index (χ4n) is 6.06. The molecule has 2 N–H and O–H groups in total. The summed E-state index contributed by atoms with van der Waals surface area (Å²) in [5, 5.41) is 18.9. The second-order valence-corrected chi connectivity index (χ2v) is 11.0. The molecule has 5 heterocycles. The molecule has 0 spiro atoms. The molecule has 0 atom stereocenters. The van der Waals surface area contributed by atoms with Gasteiger partial charge in [0.05, 0.1) is 22.8 Å². The molecule has 3 aromatic heterocycles. The maximum absolute atomic E-state index is 11.5. The van der Waals surface area contributed by atoms with E-state index in [4.69, 9.17) is 19.9 Å². The zero-order valence-electron chi connectivity index (χ0n) is 26.3. The second kappa shape index (κ2) is 15.5. The van der Waals surface area contributed by atoms with Gasteiger partial charge in [-0.15, -0.1) is 22.1 Å². The van der Waals surface area contributed by atoms with E-state index in [1.54, 1.807) is 0 Å². The van der Waals surface area contributed by atoms with Crippen LogP contribution in [-0.4, -0.2) is 56.0 Å². The molecule has 234 valence electrons. The van der Waals surface area contributed by atoms with Crippen LogP contribution in [0.15, 0.2) is 24.3 Å². The molecular weight excluding hydrogens is 718 g/mol. The number of allylic oxidation sites excluding steroid dienone is 4. The van der Waals surface area contributed by atoms with Crippen LogP contribution in [0.25, 0.3) is 44.4 Å². The third kappa shape index (κ3) is 7.50. The number of hydrogen-bond donors (Lipinski definition) is 2. The zero-order valence-corrected chi connectivity index (χ0v) is 30.7. The number of hydrogen-bond acceptors (Lipinski definition) is 4. The molecule has 8 bridgehead atoms. The molecule has 0 radical (unpaired) electrons. The van der Waals surface area contributed by atoms with E-state index >= 15 is 0 Å². The summed E-state index contributed by atoms with van der Waals surface area (Å²) in [6.07, 6.45) is 2.23. The number of rotatable bonds is 8. The first-order valence-electron chi connectivity index (χ1n) is 14.5. The predicted molar refractivity (Wildman–Crippen MR) is 172 cm³/mol. The molecule has 0 amide bonds. The van der Waals surface area contributed by atoms with Gasteiger partial charge in [-0.2, -0.15) is 0 Å². The van der Waals surface area contributed by atoms with Gasteiger partial charge in [-0.05, 0) is 81.7 Å². The summed E-state index contributed by atoms with van der Waals surface area (Å²) in [6.45, 7) is 12.3. The number of nitrogens with zero attached hydrogens (tertiary/aromatic N) is 4. The molecule has 11 heteroatoms. The van der Waals surface area contributed by atoms with Crippen molar-refractivity contribution < 1.29 is 44.6 Å². The van der Waals surface area contributed by atoms with E-state index in [0.29, 0.717) is 23.9 Å². The molecule has 2 aliphatic rings. The van der Waals surface area contributed by atoms with Crippen LogP contribution in [0.1, 0.15) is 98.4 Å². The Labute approximate surface area is 292 Å². The monoisotopic (exact) mass is 754 g/mol. The molecule has 0 aromatic carbocycles. The summed E-state index contributed by atoms with van der Waals surface area (Å²) < 4.78 is 0. The van der Waals surface area contributed by atoms with Crippen LogP contribution in [-0.2, 0) is 22.4 Å². The van der Waals surface area contributed by atoms with Crippen molar-refractivity contribution in [2.24, 2.45) is 0 Å². The van der Waals surface area contributed by atoms with Gasteiger partial charge < -0.3 is 45.0 Å². The van der Waals surface area contributed by atoms with Gasteiger partial charge in [-0.3, -0.25) is 9.59 Å². The Kier molecular flexibility index (Phi) is 13.1. The Bertz CT molecular complexity index is 1870. The Morgan fingerprint density at radius 1 is 0.622 bits per heavy atom. The molecule has 2 aliphatic heterocycles. The van der Waals surface area contributed by atoms with Crippen LogP contribution in [0.2, 0.25) is 0 Å². The summed E-state index contributed by atoms with van der Waals surface area (Å²) >= 11 is 0. The Morgan fingerprint density at radius 2 is 1.00 bits per heavy atom. The second-order valence-electron chi connectivity index (χ2n) is 11.0. The number of carbonyl (C=O) groups is 2. The van der Waals surface area contributed by atoms with Crippen LogP contribution < -0.4 is 34.8 Å². The number of fused-ring (bicyclic) bond motifs is 8. The SMILES string of the molecule is CCC1=C(C)c2cc3[n-]c(cc4[n-]c(cc5nc(cc1n2)C(C)=C5CC)c(C)c4CCC(=O)O)c(CCC(=O)O)c3C.[Cl-].[Cl-].[Sn+4]. The molecular formula is C34H36Cl2N4O4Sn.